The monoisotopic (exact) mass is 816 g/mol. The van der Waals surface area contributed by atoms with Crippen LogP contribution in [-0.4, -0.2) is 77.4 Å². The first kappa shape index (κ1) is 50.4. The van der Waals surface area contributed by atoms with E-state index in [9.17, 15) is 28.8 Å². The molecule has 0 bridgehead atoms. The van der Waals surface area contributed by atoms with Gasteiger partial charge in [0.15, 0.2) is 0 Å². The highest BCUT2D eigenvalue weighted by molar-refractivity contribution is 6.30. The number of carbonyl (C=O) groups is 6. The molecule has 2 rings (SSSR count). The number of amides is 2. The zero-order valence-corrected chi connectivity index (χ0v) is 33.8. The molecule has 2 amide bonds. The number of ether oxygens (including phenoxy) is 4. The Morgan fingerprint density at radius 3 is 1.07 bits per heavy atom. The van der Waals surface area contributed by atoms with Crippen molar-refractivity contribution in [3.63, 3.8) is 0 Å². The molecule has 0 radical (unpaired) electrons. The minimum absolute atomic E-state index is 0. The molecule has 0 saturated heterocycles. The summed E-state index contributed by atoms with van der Waals surface area (Å²) in [5.41, 5.74) is 1.46. The van der Waals surface area contributed by atoms with Gasteiger partial charge in [-0.25, -0.2) is 9.59 Å². The van der Waals surface area contributed by atoms with Crippen LogP contribution >= 0.6 is 23.2 Å². The second-order valence-corrected chi connectivity index (χ2v) is 14.5. The van der Waals surface area contributed by atoms with Crippen molar-refractivity contribution in [3.8, 4) is 0 Å². The van der Waals surface area contributed by atoms with Gasteiger partial charge in [0, 0.05) is 46.8 Å². The van der Waals surface area contributed by atoms with E-state index < -0.39 is 60.5 Å². The molecule has 0 aliphatic carbocycles. The van der Waals surface area contributed by atoms with Gasteiger partial charge < -0.3 is 45.3 Å². The van der Waals surface area contributed by atoms with Crippen molar-refractivity contribution >= 4 is 59.3 Å². The Hall–Kier alpha value is -4.60. The number of nitrogens with one attached hydrogen (secondary N) is 2. The number of carbonyl (C=O) groups excluding carboxylic acids is 4. The minimum atomic E-state index is -1.02. The topological polar surface area (TPSA) is 235 Å². The Morgan fingerprint density at radius 1 is 0.545 bits per heavy atom. The maximum atomic E-state index is 12.1. The second kappa shape index (κ2) is 25.5. The third kappa shape index (κ3) is 20.6. The number of alkyl carbamates (subject to hydrolysis) is 2. The first-order chi connectivity index (χ1) is 25.2. The van der Waals surface area contributed by atoms with Crippen molar-refractivity contribution in [3.05, 3.63) is 69.7 Å². The van der Waals surface area contributed by atoms with Crippen LogP contribution < -0.4 is 10.6 Å². The van der Waals surface area contributed by atoms with Gasteiger partial charge >= 0.3 is 36.1 Å². The first-order valence-corrected chi connectivity index (χ1v) is 18.2. The van der Waals surface area contributed by atoms with Crippen LogP contribution in [0.1, 0.15) is 91.2 Å². The summed E-state index contributed by atoms with van der Waals surface area (Å²) >= 11 is 11.7. The van der Waals surface area contributed by atoms with E-state index in [-0.39, 0.29) is 55.1 Å². The summed E-state index contributed by atoms with van der Waals surface area (Å²) < 4.78 is 20.7. The fourth-order valence-electron chi connectivity index (χ4n) is 4.31. The molecular weight excluding hydrogens is 763 g/mol. The van der Waals surface area contributed by atoms with Crippen LogP contribution in [0.5, 0.6) is 0 Å². The Kier molecular flexibility index (Phi) is 23.3. The van der Waals surface area contributed by atoms with Gasteiger partial charge in [-0.05, 0) is 35.4 Å². The largest absolute Gasteiger partial charge is 0.481 e. The molecule has 55 heavy (non-hydrogen) atoms. The molecule has 2 unspecified atom stereocenters. The number of aliphatic carboxylic acids is 2. The summed E-state index contributed by atoms with van der Waals surface area (Å²) in [4.78, 5) is 69.9. The molecule has 17 heteroatoms. The van der Waals surface area contributed by atoms with Gasteiger partial charge in [0.05, 0.1) is 24.7 Å². The van der Waals surface area contributed by atoms with Crippen LogP contribution in [0.3, 0.4) is 0 Å². The Labute approximate surface area is 331 Å². The third-order valence-corrected chi connectivity index (χ3v) is 7.96. The summed E-state index contributed by atoms with van der Waals surface area (Å²) in [7, 11) is 0. The van der Waals surface area contributed by atoms with Gasteiger partial charge in [-0.1, -0.05) is 103 Å². The number of carboxylic acid groups (broad SMARTS) is 2. The zero-order valence-electron chi connectivity index (χ0n) is 32.3. The summed E-state index contributed by atoms with van der Waals surface area (Å²) in [6.45, 7) is 13.9. The van der Waals surface area contributed by atoms with Crippen molar-refractivity contribution in [2.45, 2.75) is 92.6 Å². The predicted molar refractivity (Wildman–Crippen MR) is 205 cm³/mol. The SMILES string of the molecule is CC(C)C(=O)OC(OC(=O)NCC(CC(=O)O)c1ccc(Cl)cc1)C(C)C.CC(C)C(=O)O[C@@H](OC(=O)NC[C@H](CC(=O)O)c1ccc(Cl)cc1)C(C)C.O. The van der Waals surface area contributed by atoms with Gasteiger partial charge in [0.2, 0.25) is 0 Å². The maximum Gasteiger partial charge on any atom is 0.410 e. The molecule has 6 N–H and O–H groups in total. The summed E-state index contributed by atoms with van der Waals surface area (Å²) in [6.07, 6.45) is -3.94. The number of benzene rings is 2. The quantitative estimate of drug-likeness (QED) is 0.0899. The summed E-state index contributed by atoms with van der Waals surface area (Å²) in [6, 6.07) is 13.5. The van der Waals surface area contributed by atoms with E-state index >= 15 is 0 Å². The van der Waals surface area contributed by atoms with Gasteiger partial charge in [0.25, 0.3) is 12.6 Å². The molecule has 0 aliphatic rings. The normalized spacial score (nSPS) is 12.9. The molecule has 0 spiro atoms. The molecule has 0 aromatic heterocycles. The van der Waals surface area contributed by atoms with Crippen LogP contribution in [0.25, 0.3) is 0 Å². The number of rotatable bonds is 18. The predicted octanol–water partition coefficient (Wildman–Crippen LogP) is 6.79. The average Bonchev–Trinajstić information content (AvgIpc) is 3.08. The van der Waals surface area contributed by atoms with Crippen molar-refractivity contribution < 1.29 is 63.4 Å². The molecule has 0 aliphatic heterocycles. The fraction of sp³-hybridized carbons (Fsp3) is 0.526. The molecule has 2 aromatic rings. The lowest BCUT2D eigenvalue weighted by molar-refractivity contribution is -0.179. The van der Waals surface area contributed by atoms with Crippen LogP contribution in [0.2, 0.25) is 10.0 Å². The van der Waals surface area contributed by atoms with Crippen molar-refractivity contribution in [2.24, 2.45) is 23.7 Å². The maximum absolute atomic E-state index is 12.1. The molecule has 15 nitrogen and oxygen atoms in total. The van der Waals surface area contributed by atoms with Crippen LogP contribution in [0, 0.1) is 23.7 Å². The lowest BCUT2D eigenvalue weighted by Crippen LogP contribution is -2.37. The van der Waals surface area contributed by atoms with Gasteiger partial charge in [0.1, 0.15) is 0 Å². The standard InChI is InChI=1S/2C19H26ClNO6.H2O/c2*1-11(2)17(24)26-18(12(3)4)27-19(25)21-10-14(9-16(22)23)13-5-7-15(20)8-6-13;/h2*5-8,11-12,14,18H,9-10H2,1-4H3,(H,21,25)(H,22,23);1H2/t14-,18-;;/m0../s1. The average molecular weight is 818 g/mol. The second-order valence-electron chi connectivity index (χ2n) is 13.7. The van der Waals surface area contributed by atoms with E-state index in [4.69, 9.17) is 52.4 Å². The van der Waals surface area contributed by atoms with E-state index in [1.807, 2.05) is 0 Å². The summed E-state index contributed by atoms with van der Waals surface area (Å²) in [5.74, 6) is -4.98. The lowest BCUT2D eigenvalue weighted by Gasteiger charge is -2.23. The minimum Gasteiger partial charge on any atom is -0.481 e. The molecule has 2 aromatic carbocycles. The highest BCUT2D eigenvalue weighted by Gasteiger charge is 2.27. The van der Waals surface area contributed by atoms with Gasteiger partial charge in [-0.15, -0.1) is 0 Å². The van der Waals surface area contributed by atoms with Crippen LogP contribution in [-0.2, 0) is 38.1 Å². The van der Waals surface area contributed by atoms with E-state index in [1.54, 1.807) is 104 Å². The highest BCUT2D eigenvalue weighted by Crippen LogP contribution is 2.23. The third-order valence-electron chi connectivity index (χ3n) is 7.45. The van der Waals surface area contributed by atoms with Crippen molar-refractivity contribution in [2.75, 3.05) is 13.1 Å². The first-order valence-electron chi connectivity index (χ1n) is 17.4. The van der Waals surface area contributed by atoms with Gasteiger partial charge in [-0.2, -0.15) is 0 Å². The van der Waals surface area contributed by atoms with Crippen LogP contribution in [0.15, 0.2) is 48.5 Å². The number of hydrogen-bond acceptors (Lipinski definition) is 10. The number of hydrogen-bond donors (Lipinski definition) is 4. The number of carboxylic acids is 2. The van der Waals surface area contributed by atoms with E-state index in [2.05, 4.69) is 10.6 Å². The molecule has 0 heterocycles. The lowest BCUT2D eigenvalue weighted by atomic mass is 9.96. The van der Waals surface area contributed by atoms with Crippen molar-refractivity contribution in [1.82, 2.24) is 10.6 Å². The van der Waals surface area contributed by atoms with E-state index in [1.165, 1.54) is 0 Å². The Bertz CT molecular complexity index is 1400. The molecule has 0 fully saturated rings. The fourth-order valence-corrected chi connectivity index (χ4v) is 4.56. The van der Waals surface area contributed by atoms with E-state index in [0.29, 0.717) is 10.0 Å². The Morgan fingerprint density at radius 2 is 0.836 bits per heavy atom. The smallest absolute Gasteiger partial charge is 0.410 e. The summed E-state index contributed by atoms with van der Waals surface area (Å²) in [5, 5.41) is 24.4. The molecule has 4 atom stereocenters. The van der Waals surface area contributed by atoms with Gasteiger partial charge in [-0.3, -0.25) is 19.2 Å². The van der Waals surface area contributed by atoms with Crippen LogP contribution in [0.4, 0.5) is 9.59 Å². The number of halogens is 2. The molecular formula is C38H54Cl2N2O13. The molecule has 0 saturated carbocycles. The molecule has 308 valence electrons. The highest BCUT2D eigenvalue weighted by atomic mass is 35.5. The van der Waals surface area contributed by atoms with Crippen molar-refractivity contribution in [1.29, 1.82) is 0 Å². The Balaban J connectivity index is 0.00000104. The van der Waals surface area contributed by atoms with E-state index in [0.717, 1.165) is 11.1 Å². The number of esters is 2. The zero-order chi connectivity index (χ0) is 41.1.